The summed E-state index contributed by atoms with van der Waals surface area (Å²) in [6.45, 7) is 3.86. The maximum atomic E-state index is 13.8. The van der Waals surface area contributed by atoms with E-state index >= 15 is 0 Å². The number of nitrogen functional groups attached to an aromatic ring is 1. The summed E-state index contributed by atoms with van der Waals surface area (Å²) in [5.41, 5.74) is 4.53. The molecule has 21 heavy (non-hydrogen) atoms. The van der Waals surface area contributed by atoms with Crippen LogP contribution in [0.25, 0.3) is 11.5 Å². The summed E-state index contributed by atoms with van der Waals surface area (Å²) < 4.78 is 37.6. The van der Waals surface area contributed by atoms with Gasteiger partial charge in [-0.2, -0.15) is 4.98 Å². The molecule has 1 aromatic heterocycles. The van der Waals surface area contributed by atoms with Gasteiger partial charge in [-0.15, -0.1) is 0 Å². The van der Waals surface area contributed by atoms with Crippen LogP contribution in [-0.2, 0) is 10.3 Å². The minimum Gasteiger partial charge on any atom is -0.396 e. The number of aromatic nitrogens is 2. The van der Waals surface area contributed by atoms with Crippen molar-refractivity contribution in [2.75, 3.05) is 12.8 Å². The van der Waals surface area contributed by atoms with Crippen LogP contribution >= 0.6 is 0 Å². The predicted molar refractivity (Wildman–Crippen MR) is 73.3 cm³/mol. The number of benzene rings is 1. The SMILES string of the molecule is CCC(CC)(OC)c1noc(-c2cc(N)c(F)cc2F)n1. The van der Waals surface area contributed by atoms with Gasteiger partial charge in [0.15, 0.2) is 0 Å². The molecule has 0 bridgehead atoms. The van der Waals surface area contributed by atoms with E-state index in [1.54, 1.807) is 7.11 Å². The monoisotopic (exact) mass is 297 g/mol. The normalized spacial score (nSPS) is 11.9. The van der Waals surface area contributed by atoms with Crippen LogP contribution in [0.2, 0.25) is 0 Å². The number of rotatable bonds is 5. The lowest BCUT2D eigenvalue weighted by Crippen LogP contribution is -2.28. The van der Waals surface area contributed by atoms with E-state index < -0.39 is 17.2 Å². The number of nitrogens with two attached hydrogens (primary N) is 1. The summed E-state index contributed by atoms with van der Waals surface area (Å²) in [7, 11) is 1.56. The van der Waals surface area contributed by atoms with Crippen molar-refractivity contribution in [3.63, 3.8) is 0 Å². The van der Waals surface area contributed by atoms with Crippen molar-refractivity contribution in [2.24, 2.45) is 0 Å². The molecule has 0 spiro atoms. The zero-order chi connectivity index (χ0) is 15.6. The maximum Gasteiger partial charge on any atom is 0.261 e. The Kier molecular flexibility index (Phi) is 4.22. The highest BCUT2D eigenvalue weighted by Crippen LogP contribution is 2.33. The van der Waals surface area contributed by atoms with Crippen molar-refractivity contribution < 1.29 is 18.0 Å². The summed E-state index contributed by atoms with van der Waals surface area (Å²) in [4.78, 5) is 4.18. The zero-order valence-electron chi connectivity index (χ0n) is 12.1. The summed E-state index contributed by atoms with van der Waals surface area (Å²) in [5.74, 6) is -1.37. The van der Waals surface area contributed by atoms with Crippen molar-refractivity contribution in [1.29, 1.82) is 0 Å². The van der Waals surface area contributed by atoms with Crippen LogP contribution in [0.3, 0.4) is 0 Å². The van der Waals surface area contributed by atoms with E-state index in [1.807, 2.05) is 13.8 Å². The topological polar surface area (TPSA) is 74.2 Å². The van der Waals surface area contributed by atoms with E-state index in [9.17, 15) is 8.78 Å². The Labute approximate surface area is 121 Å². The molecule has 1 aromatic carbocycles. The second-order valence-corrected chi connectivity index (χ2v) is 4.68. The Morgan fingerprint density at radius 3 is 2.48 bits per heavy atom. The molecule has 0 saturated carbocycles. The van der Waals surface area contributed by atoms with E-state index in [-0.39, 0.29) is 17.1 Å². The highest BCUT2D eigenvalue weighted by atomic mass is 19.1. The van der Waals surface area contributed by atoms with Crippen molar-refractivity contribution >= 4 is 5.69 Å². The molecule has 0 amide bonds. The Hall–Kier alpha value is -2.02. The molecule has 0 atom stereocenters. The van der Waals surface area contributed by atoms with E-state index in [1.165, 1.54) is 0 Å². The summed E-state index contributed by atoms with van der Waals surface area (Å²) in [6, 6.07) is 1.83. The van der Waals surface area contributed by atoms with Gasteiger partial charge in [0.05, 0.1) is 11.3 Å². The third-order valence-electron chi connectivity index (χ3n) is 3.68. The molecule has 114 valence electrons. The van der Waals surface area contributed by atoms with Crippen molar-refractivity contribution in [3.8, 4) is 11.5 Å². The Bertz CT molecular complexity index is 631. The Morgan fingerprint density at radius 1 is 1.24 bits per heavy atom. The molecule has 2 N–H and O–H groups in total. The molecule has 2 aromatic rings. The van der Waals surface area contributed by atoms with Gasteiger partial charge < -0.3 is 15.0 Å². The highest BCUT2D eigenvalue weighted by Gasteiger charge is 2.34. The molecule has 0 aliphatic rings. The number of hydrogen-bond donors (Lipinski definition) is 1. The van der Waals surface area contributed by atoms with Crippen LogP contribution in [0.15, 0.2) is 16.7 Å². The molecule has 5 nitrogen and oxygen atoms in total. The predicted octanol–water partition coefficient (Wildman–Crippen LogP) is 3.26. The minimum atomic E-state index is -0.829. The number of anilines is 1. The molecule has 0 fully saturated rings. The van der Waals surface area contributed by atoms with Crippen molar-refractivity contribution in [1.82, 2.24) is 10.1 Å². The van der Waals surface area contributed by atoms with Gasteiger partial charge in [0.25, 0.3) is 5.89 Å². The van der Waals surface area contributed by atoms with Gasteiger partial charge in [-0.05, 0) is 18.9 Å². The first-order chi connectivity index (χ1) is 9.97. The molecular weight excluding hydrogens is 280 g/mol. The van der Waals surface area contributed by atoms with Gasteiger partial charge >= 0.3 is 0 Å². The maximum absolute atomic E-state index is 13.8. The highest BCUT2D eigenvalue weighted by molar-refractivity contribution is 5.61. The van der Waals surface area contributed by atoms with Crippen LogP contribution < -0.4 is 5.73 Å². The number of methoxy groups -OCH3 is 1. The molecule has 0 aliphatic heterocycles. The Morgan fingerprint density at radius 2 is 1.90 bits per heavy atom. The van der Waals surface area contributed by atoms with Gasteiger partial charge in [-0.1, -0.05) is 19.0 Å². The second kappa shape index (κ2) is 5.77. The van der Waals surface area contributed by atoms with Gasteiger partial charge in [0, 0.05) is 13.2 Å². The second-order valence-electron chi connectivity index (χ2n) is 4.68. The molecular formula is C14H17F2N3O2. The summed E-state index contributed by atoms with van der Waals surface area (Å²) in [5, 5.41) is 3.86. The van der Waals surface area contributed by atoms with E-state index in [0.29, 0.717) is 24.7 Å². The first kappa shape index (κ1) is 15.4. The third-order valence-corrected chi connectivity index (χ3v) is 3.68. The zero-order valence-corrected chi connectivity index (χ0v) is 12.1. The fourth-order valence-corrected chi connectivity index (χ4v) is 2.19. The summed E-state index contributed by atoms with van der Waals surface area (Å²) in [6.07, 6.45) is 1.26. The first-order valence-electron chi connectivity index (χ1n) is 6.61. The van der Waals surface area contributed by atoms with Gasteiger partial charge in [-0.3, -0.25) is 0 Å². The average molecular weight is 297 g/mol. The number of halogens is 2. The van der Waals surface area contributed by atoms with Gasteiger partial charge in [0.2, 0.25) is 5.82 Å². The van der Waals surface area contributed by atoms with Crippen molar-refractivity contribution in [3.05, 3.63) is 29.6 Å². The largest absolute Gasteiger partial charge is 0.396 e. The fourth-order valence-electron chi connectivity index (χ4n) is 2.19. The van der Waals surface area contributed by atoms with Crippen LogP contribution in [0.1, 0.15) is 32.5 Å². The van der Waals surface area contributed by atoms with E-state index in [4.69, 9.17) is 15.0 Å². The van der Waals surface area contributed by atoms with Crippen LogP contribution in [0, 0.1) is 11.6 Å². The lowest BCUT2D eigenvalue weighted by atomic mass is 9.96. The Balaban J connectivity index is 2.47. The number of nitrogens with zero attached hydrogens (tertiary/aromatic N) is 2. The van der Waals surface area contributed by atoms with E-state index in [2.05, 4.69) is 10.1 Å². The molecule has 1 heterocycles. The van der Waals surface area contributed by atoms with Gasteiger partial charge in [0.1, 0.15) is 17.2 Å². The lowest BCUT2D eigenvalue weighted by Gasteiger charge is -2.25. The molecule has 0 saturated heterocycles. The number of ether oxygens (including phenoxy) is 1. The summed E-state index contributed by atoms with van der Waals surface area (Å²) >= 11 is 0. The van der Waals surface area contributed by atoms with Gasteiger partial charge in [-0.25, -0.2) is 8.78 Å². The quantitative estimate of drug-likeness (QED) is 0.857. The lowest BCUT2D eigenvalue weighted by molar-refractivity contribution is -0.0306. The molecule has 0 unspecified atom stereocenters. The number of hydrogen-bond acceptors (Lipinski definition) is 5. The fraction of sp³-hybridized carbons (Fsp3) is 0.429. The van der Waals surface area contributed by atoms with Crippen molar-refractivity contribution in [2.45, 2.75) is 32.3 Å². The van der Waals surface area contributed by atoms with Crippen LogP contribution in [0.5, 0.6) is 0 Å². The average Bonchev–Trinajstić information content (AvgIpc) is 2.95. The smallest absolute Gasteiger partial charge is 0.261 e. The van der Waals surface area contributed by atoms with Crippen LogP contribution in [0.4, 0.5) is 14.5 Å². The minimum absolute atomic E-state index is 0.0372. The standard InChI is InChI=1S/C14H17F2N3O2/c1-4-14(5-2,20-3)13-18-12(21-19-13)8-6-11(17)10(16)7-9(8)15/h6-7H,4-5,17H2,1-3H3. The third kappa shape index (κ3) is 2.61. The van der Waals surface area contributed by atoms with E-state index in [0.717, 1.165) is 6.07 Å². The molecule has 7 heteroatoms. The molecule has 0 aliphatic carbocycles. The molecule has 0 radical (unpaired) electrons. The molecule has 2 rings (SSSR count). The van der Waals surface area contributed by atoms with Crippen LogP contribution in [-0.4, -0.2) is 17.3 Å². The first-order valence-corrected chi connectivity index (χ1v) is 6.61.